The molecule has 0 aliphatic heterocycles. The van der Waals surface area contributed by atoms with E-state index in [-0.39, 0.29) is 0 Å². The van der Waals surface area contributed by atoms with Crippen molar-refractivity contribution in [2.24, 2.45) is 0 Å². The summed E-state index contributed by atoms with van der Waals surface area (Å²) >= 11 is 2.44. The minimum absolute atomic E-state index is 1.11. The Morgan fingerprint density at radius 3 is 2.70 bits per heavy atom. The molecule has 1 aliphatic rings. The molecular formula is C19H23I. The van der Waals surface area contributed by atoms with Crippen molar-refractivity contribution in [2.75, 3.05) is 0 Å². The molecule has 1 aromatic rings. The van der Waals surface area contributed by atoms with Crippen molar-refractivity contribution in [3.63, 3.8) is 0 Å². The zero-order valence-electron chi connectivity index (χ0n) is 12.5. The van der Waals surface area contributed by atoms with Gasteiger partial charge in [-0.25, -0.2) is 0 Å². The number of rotatable bonds is 5. The predicted octanol–water partition coefficient (Wildman–Crippen LogP) is 6.62. The van der Waals surface area contributed by atoms with Crippen LogP contribution in [0.25, 0.3) is 11.1 Å². The highest BCUT2D eigenvalue weighted by atomic mass is 127. The van der Waals surface area contributed by atoms with Crippen LogP contribution in [0, 0.1) is 3.57 Å². The maximum absolute atomic E-state index is 2.44. The molecule has 0 aromatic heterocycles. The maximum atomic E-state index is 2.44. The van der Waals surface area contributed by atoms with Crippen LogP contribution < -0.4 is 0 Å². The molecule has 106 valence electrons. The second-order valence-corrected chi connectivity index (χ2v) is 6.48. The van der Waals surface area contributed by atoms with Gasteiger partial charge in [0.05, 0.1) is 0 Å². The fourth-order valence-corrected chi connectivity index (χ4v) is 3.23. The molecule has 0 amide bonds. The minimum atomic E-state index is 1.11. The molecule has 0 spiro atoms. The van der Waals surface area contributed by atoms with Crippen molar-refractivity contribution in [2.45, 2.75) is 46.0 Å². The molecule has 0 fully saturated rings. The Morgan fingerprint density at radius 1 is 1.20 bits per heavy atom. The van der Waals surface area contributed by atoms with E-state index in [1.165, 1.54) is 51.5 Å². The SMILES string of the molecule is CCC/C=C(\CC)c1cc(I)cc(C2=CCCC=C2)c1. The van der Waals surface area contributed by atoms with Crippen LogP contribution in [0.4, 0.5) is 0 Å². The molecular weight excluding hydrogens is 355 g/mol. The fourth-order valence-electron chi connectivity index (χ4n) is 2.55. The molecule has 20 heavy (non-hydrogen) atoms. The van der Waals surface area contributed by atoms with Crippen LogP contribution in [0.3, 0.4) is 0 Å². The average molecular weight is 378 g/mol. The number of allylic oxidation sites excluding steroid dienone is 6. The van der Waals surface area contributed by atoms with Gasteiger partial charge in [0, 0.05) is 3.57 Å². The monoisotopic (exact) mass is 378 g/mol. The Labute approximate surface area is 136 Å². The van der Waals surface area contributed by atoms with Crippen molar-refractivity contribution >= 4 is 33.7 Å². The van der Waals surface area contributed by atoms with E-state index in [0.29, 0.717) is 0 Å². The molecule has 0 saturated heterocycles. The maximum Gasteiger partial charge on any atom is 0.0142 e. The second kappa shape index (κ2) is 7.82. The van der Waals surface area contributed by atoms with Gasteiger partial charge in [-0.05, 0) is 88.7 Å². The summed E-state index contributed by atoms with van der Waals surface area (Å²) in [5, 5.41) is 0. The van der Waals surface area contributed by atoms with E-state index in [1.807, 2.05) is 0 Å². The summed E-state index contributed by atoms with van der Waals surface area (Å²) in [6.07, 6.45) is 15.1. The van der Waals surface area contributed by atoms with Gasteiger partial charge in [0.25, 0.3) is 0 Å². The number of hydrogen-bond donors (Lipinski definition) is 0. The van der Waals surface area contributed by atoms with E-state index in [0.717, 1.165) is 6.42 Å². The van der Waals surface area contributed by atoms with E-state index in [2.05, 4.69) is 78.9 Å². The van der Waals surface area contributed by atoms with Crippen molar-refractivity contribution in [3.05, 3.63) is 57.2 Å². The van der Waals surface area contributed by atoms with Crippen LogP contribution in [0.15, 0.2) is 42.5 Å². The van der Waals surface area contributed by atoms with Gasteiger partial charge < -0.3 is 0 Å². The lowest BCUT2D eigenvalue weighted by Gasteiger charge is -2.12. The summed E-state index contributed by atoms with van der Waals surface area (Å²) in [5.74, 6) is 0. The number of unbranched alkanes of at least 4 members (excludes halogenated alkanes) is 1. The van der Waals surface area contributed by atoms with Gasteiger partial charge in [0.1, 0.15) is 0 Å². The number of halogens is 1. The van der Waals surface area contributed by atoms with Crippen molar-refractivity contribution in [1.82, 2.24) is 0 Å². The molecule has 0 atom stereocenters. The highest BCUT2D eigenvalue weighted by molar-refractivity contribution is 14.1. The third-order valence-corrected chi connectivity index (χ3v) is 4.28. The molecule has 1 heteroatoms. The Hall–Kier alpha value is -0.830. The lowest BCUT2D eigenvalue weighted by atomic mass is 9.94. The summed E-state index contributed by atoms with van der Waals surface area (Å²) < 4.78 is 1.32. The first-order valence-corrected chi connectivity index (χ1v) is 8.69. The van der Waals surface area contributed by atoms with Crippen LogP contribution in [0.1, 0.15) is 57.1 Å². The van der Waals surface area contributed by atoms with Crippen LogP contribution in [-0.4, -0.2) is 0 Å². The summed E-state index contributed by atoms with van der Waals surface area (Å²) in [7, 11) is 0. The number of benzene rings is 1. The van der Waals surface area contributed by atoms with E-state index in [9.17, 15) is 0 Å². The highest BCUT2D eigenvalue weighted by Gasteiger charge is 2.07. The Bertz CT molecular complexity index is 547. The zero-order chi connectivity index (χ0) is 14.4. The van der Waals surface area contributed by atoms with Gasteiger partial charge in [0.2, 0.25) is 0 Å². The van der Waals surface area contributed by atoms with Crippen molar-refractivity contribution in [3.8, 4) is 0 Å². The molecule has 0 bridgehead atoms. The van der Waals surface area contributed by atoms with Crippen molar-refractivity contribution < 1.29 is 0 Å². The van der Waals surface area contributed by atoms with Crippen LogP contribution in [0.2, 0.25) is 0 Å². The Kier molecular flexibility index (Phi) is 6.08. The molecule has 0 heterocycles. The third kappa shape index (κ3) is 4.08. The molecule has 0 nitrogen and oxygen atoms in total. The van der Waals surface area contributed by atoms with Gasteiger partial charge in [0.15, 0.2) is 0 Å². The first kappa shape index (κ1) is 15.6. The first-order valence-electron chi connectivity index (χ1n) is 7.61. The van der Waals surface area contributed by atoms with Gasteiger partial charge in [-0.1, -0.05) is 44.6 Å². The van der Waals surface area contributed by atoms with Gasteiger partial charge in [-0.15, -0.1) is 0 Å². The van der Waals surface area contributed by atoms with E-state index in [1.54, 1.807) is 0 Å². The quantitative estimate of drug-likeness (QED) is 0.505. The Morgan fingerprint density at radius 2 is 2.05 bits per heavy atom. The smallest absolute Gasteiger partial charge is 0.0142 e. The zero-order valence-corrected chi connectivity index (χ0v) is 14.6. The van der Waals surface area contributed by atoms with Crippen LogP contribution in [0.5, 0.6) is 0 Å². The van der Waals surface area contributed by atoms with E-state index >= 15 is 0 Å². The highest BCUT2D eigenvalue weighted by Crippen LogP contribution is 2.28. The summed E-state index contributed by atoms with van der Waals surface area (Å²) in [4.78, 5) is 0. The summed E-state index contributed by atoms with van der Waals surface area (Å²) in [6.45, 7) is 4.49. The van der Waals surface area contributed by atoms with Crippen LogP contribution in [-0.2, 0) is 0 Å². The molecule has 1 aromatic carbocycles. The normalized spacial score (nSPS) is 15.3. The topological polar surface area (TPSA) is 0 Å². The lowest BCUT2D eigenvalue weighted by molar-refractivity contribution is 0.955. The average Bonchev–Trinajstić information content (AvgIpc) is 2.48. The molecule has 2 rings (SSSR count). The summed E-state index contributed by atoms with van der Waals surface area (Å²) in [5.41, 5.74) is 5.61. The molecule has 0 saturated carbocycles. The fraction of sp³-hybridized carbons (Fsp3) is 0.368. The first-order chi connectivity index (χ1) is 9.74. The van der Waals surface area contributed by atoms with Gasteiger partial charge in [-0.2, -0.15) is 0 Å². The standard InChI is InChI=1S/C19H23I/c1-3-5-9-15(4-2)17-12-18(14-19(20)13-17)16-10-7-6-8-11-16/h7,9-14H,3-6,8H2,1-2H3/b15-9+. The van der Waals surface area contributed by atoms with Gasteiger partial charge >= 0.3 is 0 Å². The van der Waals surface area contributed by atoms with E-state index < -0.39 is 0 Å². The van der Waals surface area contributed by atoms with Crippen LogP contribution >= 0.6 is 22.6 Å². The van der Waals surface area contributed by atoms with E-state index in [4.69, 9.17) is 0 Å². The molecule has 0 unspecified atom stereocenters. The van der Waals surface area contributed by atoms with Gasteiger partial charge in [-0.3, -0.25) is 0 Å². The minimum Gasteiger partial charge on any atom is -0.0836 e. The molecule has 0 radical (unpaired) electrons. The predicted molar refractivity (Wildman–Crippen MR) is 98.7 cm³/mol. The number of hydrogen-bond acceptors (Lipinski definition) is 0. The second-order valence-electron chi connectivity index (χ2n) is 5.24. The third-order valence-electron chi connectivity index (χ3n) is 3.66. The lowest BCUT2D eigenvalue weighted by Crippen LogP contribution is -1.92. The molecule has 1 aliphatic carbocycles. The summed E-state index contributed by atoms with van der Waals surface area (Å²) in [6, 6.07) is 6.95. The Balaban J connectivity index is 2.37. The van der Waals surface area contributed by atoms with Crippen molar-refractivity contribution in [1.29, 1.82) is 0 Å². The molecule has 0 N–H and O–H groups in total. The largest absolute Gasteiger partial charge is 0.0836 e.